The molecule has 1 aromatic carbocycles. The number of nitrogens with one attached hydrogen (secondary N) is 1. The Bertz CT molecular complexity index is 751. The molecule has 1 saturated heterocycles. The van der Waals surface area contributed by atoms with E-state index in [0.29, 0.717) is 18.1 Å². The quantitative estimate of drug-likeness (QED) is 0.493. The van der Waals surface area contributed by atoms with Crippen LogP contribution in [0.5, 0.6) is 11.5 Å². The lowest BCUT2D eigenvalue weighted by Crippen LogP contribution is -2.26. The lowest BCUT2D eigenvalue weighted by Gasteiger charge is -2.16. The number of hydrogen-bond acceptors (Lipinski definition) is 7. The summed E-state index contributed by atoms with van der Waals surface area (Å²) < 4.78 is 11.5. The number of hydrogen-bond donors (Lipinski definition) is 2. The molecule has 0 saturated carbocycles. The van der Waals surface area contributed by atoms with E-state index >= 15 is 0 Å². The molecule has 1 aromatic rings. The van der Waals surface area contributed by atoms with Crippen LogP contribution < -0.4 is 14.8 Å². The Labute approximate surface area is 162 Å². The van der Waals surface area contributed by atoms with E-state index in [0.717, 1.165) is 23.7 Å². The second-order valence-electron chi connectivity index (χ2n) is 5.82. The molecular formula is C18H23N3O5S. The van der Waals surface area contributed by atoms with Crippen molar-refractivity contribution < 1.29 is 24.2 Å². The average molecular weight is 393 g/mol. The van der Waals surface area contributed by atoms with Gasteiger partial charge in [0.05, 0.1) is 25.3 Å². The Morgan fingerprint density at radius 3 is 2.85 bits per heavy atom. The molecule has 9 heteroatoms. The first-order valence-corrected chi connectivity index (χ1v) is 9.54. The van der Waals surface area contributed by atoms with Crippen LogP contribution in [0.25, 0.3) is 0 Å². The van der Waals surface area contributed by atoms with Crippen LogP contribution in [0.3, 0.4) is 0 Å². The number of aliphatic carboxylic acids is 1. The van der Waals surface area contributed by atoms with Gasteiger partial charge in [-0.25, -0.2) is 0 Å². The standard InChI is InChI=1S/C18H23N3O5S/c1-4-11(3)26-13-7-6-12(8-14(13)25-5-2)10-19-21-18-20-17(24)15(27-18)9-16(22)23/h6-8,10-11,15H,4-5,9H2,1-3H3,(H,22,23)(H,20,21,24). The minimum atomic E-state index is -1.03. The van der Waals surface area contributed by atoms with Gasteiger partial charge in [-0.1, -0.05) is 18.7 Å². The van der Waals surface area contributed by atoms with Crippen molar-refractivity contribution in [1.82, 2.24) is 5.32 Å². The zero-order valence-electron chi connectivity index (χ0n) is 15.5. The van der Waals surface area contributed by atoms with Crippen LogP contribution in [0.2, 0.25) is 0 Å². The van der Waals surface area contributed by atoms with Crippen molar-refractivity contribution in [3.8, 4) is 11.5 Å². The average Bonchev–Trinajstić information content (AvgIpc) is 2.96. The van der Waals surface area contributed by atoms with Crippen molar-refractivity contribution in [3.63, 3.8) is 0 Å². The number of benzene rings is 1. The lowest BCUT2D eigenvalue weighted by atomic mass is 10.2. The molecule has 27 heavy (non-hydrogen) atoms. The Balaban J connectivity index is 2.07. The molecular weight excluding hydrogens is 370 g/mol. The van der Waals surface area contributed by atoms with Gasteiger partial charge in [-0.15, -0.1) is 5.10 Å². The van der Waals surface area contributed by atoms with Crippen molar-refractivity contribution in [3.05, 3.63) is 23.8 Å². The molecule has 2 rings (SSSR count). The molecule has 1 fully saturated rings. The largest absolute Gasteiger partial charge is 0.490 e. The summed E-state index contributed by atoms with van der Waals surface area (Å²) >= 11 is 1.06. The summed E-state index contributed by atoms with van der Waals surface area (Å²) in [6.07, 6.45) is 2.24. The fourth-order valence-corrected chi connectivity index (χ4v) is 3.08. The fourth-order valence-electron chi connectivity index (χ4n) is 2.16. The molecule has 0 radical (unpaired) electrons. The lowest BCUT2D eigenvalue weighted by molar-refractivity contribution is -0.138. The molecule has 2 N–H and O–H groups in total. The van der Waals surface area contributed by atoms with E-state index in [1.165, 1.54) is 6.21 Å². The summed E-state index contributed by atoms with van der Waals surface area (Å²) in [5, 5.41) is 18.8. The number of carbonyl (C=O) groups excluding carboxylic acids is 1. The molecule has 1 amide bonds. The van der Waals surface area contributed by atoms with Gasteiger partial charge in [-0.2, -0.15) is 5.10 Å². The minimum Gasteiger partial charge on any atom is -0.490 e. The maximum Gasteiger partial charge on any atom is 0.305 e. The third-order valence-corrected chi connectivity index (χ3v) is 4.73. The van der Waals surface area contributed by atoms with E-state index in [4.69, 9.17) is 14.6 Å². The first kappa shape index (κ1) is 20.8. The number of amidine groups is 1. The van der Waals surface area contributed by atoms with Crippen LogP contribution in [-0.4, -0.2) is 46.3 Å². The highest BCUT2D eigenvalue weighted by molar-refractivity contribution is 8.15. The predicted molar refractivity (Wildman–Crippen MR) is 105 cm³/mol. The van der Waals surface area contributed by atoms with Gasteiger partial charge in [0.15, 0.2) is 16.7 Å². The number of rotatable bonds is 9. The third kappa shape index (κ3) is 6.28. The molecule has 1 aliphatic heterocycles. The van der Waals surface area contributed by atoms with Crippen molar-refractivity contribution >= 4 is 35.0 Å². The second kappa shape index (κ2) is 9.96. The predicted octanol–water partition coefficient (Wildman–Crippen LogP) is 2.66. The monoisotopic (exact) mass is 393 g/mol. The van der Waals surface area contributed by atoms with Crippen LogP contribution in [0.1, 0.15) is 39.2 Å². The van der Waals surface area contributed by atoms with Crippen LogP contribution in [0, 0.1) is 0 Å². The van der Waals surface area contributed by atoms with Crippen LogP contribution >= 0.6 is 11.8 Å². The summed E-state index contributed by atoms with van der Waals surface area (Å²) in [7, 11) is 0. The van der Waals surface area contributed by atoms with Crippen molar-refractivity contribution in [2.75, 3.05) is 6.61 Å². The van der Waals surface area contributed by atoms with Crippen molar-refractivity contribution in [2.24, 2.45) is 10.2 Å². The molecule has 2 atom stereocenters. The Morgan fingerprint density at radius 2 is 2.19 bits per heavy atom. The first-order valence-electron chi connectivity index (χ1n) is 8.66. The molecule has 1 heterocycles. The van der Waals surface area contributed by atoms with Gasteiger partial charge < -0.3 is 19.9 Å². The number of nitrogens with zero attached hydrogens (tertiary/aromatic N) is 2. The number of carboxylic acids is 1. The van der Waals surface area contributed by atoms with E-state index in [1.807, 2.05) is 32.9 Å². The van der Waals surface area contributed by atoms with E-state index in [1.54, 1.807) is 6.07 Å². The molecule has 0 aromatic heterocycles. The third-order valence-electron chi connectivity index (χ3n) is 3.66. The number of carbonyl (C=O) groups is 2. The molecule has 146 valence electrons. The van der Waals surface area contributed by atoms with Crippen LogP contribution in [-0.2, 0) is 9.59 Å². The normalized spacial score (nSPS) is 19.3. The van der Waals surface area contributed by atoms with E-state index in [2.05, 4.69) is 15.5 Å². The number of ether oxygens (including phenoxy) is 2. The van der Waals surface area contributed by atoms with Gasteiger partial charge in [0.1, 0.15) is 5.25 Å². The maximum atomic E-state index is 11.7. The molecule has 8 nitrogen and oxygen atoms in total. The van der Waals surface area contributed by atoms with E-state index < -0.39 is 11.2 Å². The van der Waals surface area contributed by atoms with Crippen LogP contribution in [0.4, 0.5) is 0 Å². The summed E-state index contributed by atoms with van der Waals surface area (Å²) in [5.74, 6) is -0.110. The van der Waals surface area contributed by atoms with Gasteiger partial charge in [-0.3, -0.25) is 9.59 Å². The Kier molecular flexibility index (Phi) is 7.66. The first-order chi connectivity index (χ1) is 12.9. The smallest absolute Gasteiger partial charge is 0.305 e. The highest BCUT2D eigenvalue weighted by atomic mass is 32.2. The molecule has 2 unspecified atom stereocenters. The molecule has 0 spiro atoms. The van der Waals surface area contributed by atoms with Crippen molar-refractivity contribution in [1.29, 1.82) is 0 Å². The Hall–Kier alpha value is -2.55. The van der Waals surface area contributed by atoms with Gasteiger partial charge in [0.25, 0.3) is 0 Å². The summed E-state index contributed by atoms with van der Waals surface area (Å²) in [6.45, 7) is 6.44. The van der Waals surface area contributed by atoms with Crippen LogP contribution in [0.15, 0.2) is 28.4 Å². The summed E-state index contributed by atoms with van der Waals surface area (Å²) in [6, 6.07) is 5.46. The fraction of sp³-hybridized carbons (Fsp3) is 0.444. The Morgan fingerprint density at radius 1 is 1.41 bits per heavy atom. The molecule has 0 aliphatic carbocycles. The van der Waals surface area contributed by atoms with Gasteiger partial charge in [0, 0.05) is 0 Å². The molecule has 0 bridgehead atoms. The van der Waals surface area contributed by atoms with E-state index in [9.17, 15) is 9.59 Å². The second-order valence-corrected chi connectivity index (χ2v) is 7.01. The number of carboxylic acid groups (broad SMARTS) is 1. The van der Waals surface area contributed by atoms with E-state index in [-0.39, 0.29) is 23.6 Å². The zero-order chi connectivity index (χ0) is 19.8. The minimum absolute atomic E-state index is 0.0804. The highest BCUT2D eigenvalue weighted by Gasteiger charge is 2.32. The maximum absolute atomic E-state index is 11.7. The molecule has 1 aliphatic rings. The number of amides is 1. The van der Waals surface area contributed by atoms with Gasteiger partial charge in [-0.05, 0) is 44.0 Å². The van der Waals surface area contributed by atoms with Crippen molar-refractivity contribution in [2.45, 2.75) is 45.0 Å². The zero-order valence-corrected chi connectivity index (χ0v) is 16.3. The summed E-state index contributed by atoms with van der Waals surface area (Å²) in [4.78, 5) is 22.4. The highest BCUT2D eigenvalue weighted by Crippen LogP contribution is 2.29. The summed E-state index contributed by atoms with van der Waals surface area (Å²) in [5.41, 5.74) is 0.760. The van der Waals surface area contributed by atoms with Gasteiger partial charge >= 0.3 is 5.97 Å². The van der Waals surface area contributed by atoms with Gasteiger partial charge in [0.2, 0.25) is 5.91 Å². The SMILES string of the molecule is CCOc1cc(C=NN=C2NC(=O)C(CC(=O)O)S2)ccc1OC(C)CC. The number of thioether (sulfide) groups is 1. The topological polar surface area (TPSA) is 110 Å².